The first kappa shape index (κ1) is 18.6. The number of amides is 1. The first-order valence-electron chi connectivity index (χ1n) is 8.27. The maximum Gasteiger partial charge on any atom is 0.433 e. The number of thiazole rings is 1. The molecule has 2 aromatic rings. The molecule has 138 valence electrons. The van der Waals surface area contributed by atoms with Gasteiger partial charge in [-0.15, -0.1) is 17.9 Å². The van der Waals surface area contributed by atoms with Crippen LogP contribution >= 0.6 is 11.3 Å². The summed E-state index contributed by atoms with van der Waals surface area (Å²) < 4.78 is 38.4. The number of rotatable bonds is 4. The van der Waals surface area contributed by atoms with E-state index in [-0.39, 0.29) is 17.8 Å². The molecule has 0 saturated heterocycles. The molecule has 1 aliphatic carbocycles. The van der Waals surface area contributed by atoms with Crippen LogP contribution in [-0.2, 0) is 19.0 Å². The SMILES string of the molecule is C=CCN(C(=O)c1ccc(C(F)(F)F)nc1C)c1nc2c(s1)CCCC2. The van der Waals surface area contributed by atoms with Crippen LogP contribution in [0.3, 0.4) is 0 Å². The Labute approximate surface area is 153 Å². The number of anilines is 1. The van der Waals surface area contributed by atoms with Gasteiger partial charge < -0.3 is 0 Å². The molecule has 0 radical (unpaired) electrons. The summed E-state index contributed by atoms with van der Waals surface area (Å²) in [5, 5.41) is 0.557. The molecular weight excluding hydrogens is 363 g/mol. The topological polar surface area (TPSA) is 46.1 Å². The number of alkyl halides is 3. The number of carbonyl (C=O) groups is 1. The number of nitrogens with zero attached hydrogens (tertiary/aromatic N) is 3. The van der Waals surface area contributed by atoms with E-state index in [1.54, 1.807) is 6.08 Å². The van der Waals surface area contributed by atoms with Crippen LogP contribution in [0.15, 0.2) is 24.8 Å². The quantitative estimate of drug-likeness (QED) is 0.729. The third-order valence-corrected chi connectivity index (χ3v) is 5.41. The summed E-state index contributed by atoms with van der Waals surface area (Å²) in [7, 11) is 0. The lowest BCUT2D eigenvalue weighted by atomic mass is 10.0. The molecule has 0 atom stereocenters. The van der Waals surface area contributed by atoms with Gasteiger partial charge in [-0.25, -0.2) is 9.97 Å². The summed E-state index contributed by atoms with van der Waals surface area (Å²) >= 11 is 1.47. The summed E-state index contributed by atoms with van der Waals surface area (Å²) in [4.78, 5) is 23.7. The molecule has 0 N–H and O–H groups in total. The van der Waals surface area contributed by atoms with Crippen molar-refractivity contribution in [3.63, 3.8) is 0 Å². The standard InChI is InChI=1S/C18H18F3N3OS/c1-3-10-24(17-23-13-6-4-5-7-14(13)26-17)16(25)12-8-9-15(18(19,20)21)22-11(12)2/h3,8-9H,1,4-7,10H2,2H3. The molecule has 0 spiro atoms. The monoisotopic (exact) mass is 381 g/mol. The maximum atomic E-state index is 13.0. The van der Waals surface area contributed by atoms with E-state index in [4.69, 9.17) is 0 Å². The Morgan fingerprint density at radius 1 is 1.31 bits per heavy atom. The van der Waals surface area contributed by atoms with E-state index in [0.29, 0.717) is 5.13 Å². The van der Waals surface area contributed by atoms with Crippen molar-refractivity contribution < 1.29 is 18.0 Å². The van der Waals surface area contributed by atoms with E-state index in [9.17, 15) is 18.0 Å². The van der Waals surface area contributed by atoms with Gasteiger partial charge in [-0.1, -0.05) is 6.08 Å². The summed E-state index contributed by atoms with van der Waals surface area (Å²) in [6.07, 6.45) is 1.05. The average Bonchev–Trinajstić information content (AvgIpc) is 3.02. The minimum Gasteiger partial charge on any atom is -0.280 e. The van der Waals surface area contributed by atoms with Crippen LogP contribution < -0.4 is 4.90 Å². The van der Waals surface area contributed by atoms with Crippen LogP contribution in [0, 0.1) is 6.92 Å². The van der Waals surface area contributed by atoms with Gasteiger partial charge in [-0.2, -0.15) is 13.2 Å². The van der Waals surface area contributed by atoms with Crippen molar-refractivity contribution in [1.82, 2.24) is 9.97 Å². The van der Waals surface area contributed by atoms with Crippen molar-refractivity contribution in [2.45, 2.75) is 38.8 Å². The lowest BCUT2D eigenvalue weighted by Crippen LogP contribution is -2.32. The summed E-state index contributed by atoms with van der Waals surface area (Å²) in [6.45, 7) is 5.30. The Morgan fingerprint density at radius 3 is 2.65 bits per heavy atom. The second kappa shape index (κ2) is 7.19. The Hall–Kier alpha value is -2.22. The minimum atomic E-state index is -4.54. The maximum absolute atomic E-state index is 13.0. The van der Waals surface area contributed by atoms with Gasteiger partial charge in [0.15, 0.2) is 5.13 Å². The van der Waals surface area contributed by atoms with Crippen molar-refractivity contribution in [2.75, 3.05) is 11.4 Å². The predicted molar refractivity (Wildman–Crippen MR) is 94.6 cm³/mol. The molecule has 0 aliphatic heterocycles. The number of hydrogen-bond donors (Lipinski definition) is 0. The molecule has 8 heteroatoms. The molecule has 3 rings (SSSR count). The lowest BCUT2D eigenvalue weighted by Gasteiger charge is -2.19. The van der Waals surface area contributed by atoms with Crippen LogP contribution in [0.25, 0.3) is 0 Å². The molecule has 0 bridgehead atoms. The van der Waals surface area contributed by atoms with Gasteiger partial charge in [-0.3, -0.25) is 9.69 Å². The molecular formula is C18H18F3N3OS. The number of fused-ring (bicyclic) bond motifs is 1. The first-order chi connectivity index (χ1) is 12.3. The molecule has 2 heterocycles. The average molecular weight is 381 g/mol. The van der Waals surface area contributed by atoms with Crippen LogP contribution in [-0.4, -0.2) is 22.4 Å². The van der Waals surface area contributed by atoms with Gasteiger partial charge >= 0.3 is 6.18 Å². The highest BCUT2D eigenvalue weighted by molar-refractivity contribution is 7.16. The highest BCUT2D eigenvalue weighted by Gasteiger charge is 2.33. The lowest BCUT2D eigenvalue weighted by molar-refractivity contribution is -0.141. The van der Waals surface area contributed by atoms with Crippen LogP contribution in [0.5, 0.6) is 0 Å². The second-order valence-corrected chi connectivity index (χ2v) is 7.17. The molecule has 26 heavy (non-hydrogen) atoms. The van der Waals surface area contributed by atoms with Crippen molar-refractivity contribution in [3.8, 4) is 0 Å². The van der Waals surface area contributed by atoms with Crippen LogP contribution in [0.2, 0.25) is 0 Å². The fourth-order valence-electron chi connectivity index (χ4n) is 2.92. The molecule has 0 saturated carbocycles. The van der Waals surface area contributed by atoms with E-state index in [2.05, 4.69) is 16.5 Å². The van der Waals surface area contributed by atoms with E-state index >= 15 is 0 Å². The number of halogens is 3. The van der Waals surface area contributed by atoms with Crippen molar-refractivity contribution in [3.05, 3.63) is 52.3 Å². The zero-order valence-electron chi connectivity index (χ0n) is 14.3. The number of carbonyl (C=O) groups excluding carboxylic acids is 1. The molecule has 1 aliphatic rings. The fraction of sp³-hybridized carbons (Fsp3) is 0.389. The zero-order chi connectivity index (χ0) is 18.9. The fourth-order valence-corrected chi connectivity index (χ4v) is 4.08. The van der Waals surface area contributed by atoms with E-state index in [1.165, 1.54) is 34.1 Å². The highest BCUT2D eigenvalue weighted by atomic mass is 32.1. The highest BCUT2D eigenvalue weighted by Crippen LogP contribution is 2.33. The summed E-state index contributed by atoms with van der Waals surface area (Å²) in [5.41, 5.74) is 0.181. The van der Waals surface area contributed by atoms with Crippen molar-refractivity contribution in [1.29, 1.82) is 0 Å². The molecule has 4 nitrogen and oxygen atoms in total. The molecule has 1 amide bonds. The molecule has 0 fully saturated rings. The van der Waals surface area contributed by atoms with Gasteiger partial charge in [0, 0.05) is 11.4 Å². The minimum absolute atomic E-state index is 0.0419. The van der Waals surface area contributed by atoms with Crippen LogP contribution in [0.1, 0.15) is 45.2 Å². The van der Waals surface area contributed by atoms with Crippen LogP contribution in [0.4, 0.5) is 18.3 Å². The number of pyridine rings is 1. The summed E-state index contributed by atoms with van der Waals surface area (Å²) in [6, 6.07) is 2.01. The molecule has 0 aromatic carbocycles. The molecule has 2 aromatic heterocycles. The number of aryl methyl sites for hydroxylation is 3. The van der Waals surface area contributed by atoms with Crippen molar-refractivity contribution in [2.24, 2.45) is 0 Å². The number of aromatic nitrogens is 2. The van der Waals surface area contributed by atoms with Gasteiger partial charge in [0.05, 0.1) is 17.0 Å². The Kier molecular flexibility index (Phi) is 5.13. The third-order valence-electron chi connectivity index (χ3n) is 4.23. The largest absolute Gasteiger partial charge is 0.433 e. The van der Waals surface area contributed by atoms with Gasteiger partial charge in [-0.05, 0) is 44.7 Å². The van der Waals surface area contributed by atoms with E-state index in [0.717, 1.165) is 37.4 Å². The van der Waals surface area contributed by atoms with Gasteiger partial charge in [0.1, 0.15) is 5.69 Å². The number of hydrogen-bond acceptors (Lipinski definition) is 4. The molecule has 0 unspecified atom stereocenters. The summed E-state index contributed by atoms with van der Waals surface area (Å²) in [5.74, 6) is -0.422. The van der Waals surface area contributed by atoms with Gasteiger partial charge in [0.25, 0.3) is 5.91 Å². The Bertz CT molecular complexity index is 821. The Morgan fingerprint density at radius 2 is 2.04 bits per heavy atom. The first-order valence-corrected chi connectivity index (χ1v) is 9.09. The van der Waals surface area contributed by atoms with Crippen molar-refractivity contribution >= 4 is 22.4 Å². The smallest absolute Gasteiger partial charge is 0.280 e. The van der Waals surface area contributed by atoms with E-state index < -0.39 is 17.8 Å². The third kappa shape index (κ3) is 3.65. The van der Waals surface area contributed by atoms with E-state index in [1.807, 2.05) is 0 Å². The Balaban J connectivity index is 1.94. The zero-order valence-corrected chi connectivity index (χ0v) is 15.1. The predicted octanol–water partition coefficient (Wildman–Crippen LogP) is 4.58. The second-order valence-electron chi connectivity index (χ2n) is 6.11. The van der Waals surface area contributed by atoms with Gasteiger partial charge in [0.2, 0.25) is 0 Å². The normalized spacial score (nSPS) is 14.0.